The van der Waals surface area contributed by atoms with Gasteiger partial charge in [-0.2, -0.15) is 4.98 Å². The summed E-state index contributed by atoms with van der Waals surface area (Å²) >= 11 is 1.48. The van der Waals surface area contributed by atoms with Crippen LogP contribution in [0.3, 0.4) is 0 Å². The van der Waals surface area contributed by atoms with E-state index in [0.717, 1.165) is 11.3 Å². The highest BCUT2D eigenvalue weighted by Crippen LogP contribution is 2.28. The predicted molar refractivity (Wildman–Crippen MR) is 74.7 cm³/mol. The lowest BCUT2D eigenvalue weighted by Crippen LogP contribution is -2.14. The van der Waals surface area contributed by atoms with Crippen molar-refractivity contribution >= 4 is 11.8 Å². The number of hydrogen-bond acceptors (Lipinski definition) is 5. The fraction of sp³-hybridized carbons (Fsp3) is 0.286. The van der Waals surface area contributed by atoms with Crippen molar-refractivity contribution in [1.29, 1.82) is 0 Å². The van der Waals surface area contributed by atoms with E-state index in [0.29, 0.717) is 17.5 Å². The van der Waals surface area contributed by atoms with Crippen LogP contribution in [0.2, 0.25) is 0 Å². The van der Waals surface area contributed by atoms with Crippen molar-refractivity contribution in [3.05, 3.63) is 53.9 Å². The monoisotopic (exact) mass is 291 g/mol. The maximum absolute atomic E-state index is 13.1. The van der Waals surface area contributed by atoms with Crippen molar-refractivity contribution in [1.82, 2.24) is 10.1 Å². The molecule has 0 fully saturated rings. The van der Waals surface area contributed by atoms with E-state index in [1.165, 1.54) is 23.9 Å². The summed E-state index contributed by atoms with van der Waals surface area (Å²) in [7, 11) is 0. The van der Waals surface area contributed by atoms with Gasteiger partial charge in [-0.1, -0.05) is 23.4 Å². The Balaban J connectivity index is 1.62. The van der Waals surface area contributed by atoms with E-state index in [9.17, 15) is 4.39 Å². The molecule has 2 unspecified atom stereocenters. The van der Waals surface area contributed by atoms with Crippen LogP contribution in [-0.2, 0) is 5.75 Å². The molecule has 0 amide bonds. The second kappa shape index (κ2) is 5.76. The van der Waals surface area contributed by atoms with Gasteiger partial charge < -0.3 is 10.3 Å². The Hall–Kier alpha value is -1.66. The molecule has 3 rings (SSSR count). The smallest absolute Gasteiger partial charge is 0.233 e. The Morgan fingerprint density at radius 2 is 2.30 bits per heavy atom. The van der Waals surface area contributed by atoms with Crippen LogP contribution >= 0.6 is 11.8 Å². The maximum atomic E-state index is 13.1. The van der Waals surface area contributed by atoms with Gasteiger partial charge in [0.15, 0.2) is 5.82 Å². The molecule has 0 aliphatic heterocycles. The summed E-state index contributed by atoms with van der Waals surface area (Å²) in [6.45, 7) is 0. The van der Waals surface area contributed by atoms with Crippen LogP contribution in [0.4, 0.5) is 4.39 Å². The zero-order valence-corrected chi connectivity index (χ0v) is 11.5. The van der Waals surface area contributed by atoms with E-state index in [2.05, 4.69) is 10.1 Å². The topological polar surface area (TPSA) is 64.9 Å². The van der Waals surface area contributed by atoms with Crippen molar-refractivity contribution in [3.63, 3.8) is 0 Å². The highest BCUT2D eigenvalue weighted by atomic mass is 32.2. The van der Waals surface area contributed by atoms with Gasteiger partial charge in [-0.05, 0) is 24.6 Å². The van der Waals surface area contributed by atoms with E-state index in [4.69, 9.17) is 10.3 Å². The third-order valence-electron chi connectivity index (χ3n) is 3.08. The summed E-state index contributed by atoms with van der Waals surface area (Å²) in [5.41, 5.74) is 5.80. The molecular weight excluding hydrogens is 277 g/mol. The Kier molecular flexibility index (Phi) is 3.84. The quantitative estimate of drug-likeness (QED) is 0.693. The largest absolute Gasteiger partial charge is 0.339 e. The Labute approximate surface area is 120 Å². The summed E-state index contributed by atoms with van der Waals surface area (Å²) in [5, 5.41) is 3.95. The summed E-state index contributed by atoms with van der Waals surface area (Å²) in [6.07, 6.45) is 4.76. The van der Waals surface area contributed by atoms with Crippen LogP contribution < -0.4 is 5.73 Å². The molecule has 2 aromatic rings. The molecule has 104 valence electrons. The van der Waals surface area contributed by atoms with Crippen LogP contribution in [0.5, 0.6) is 0 Å². The van der Waals surface area contributed by atoms with Gasteiger partial charge in [0.2, 0.25) is 5.89 Å². The minimum atomic E-state index is -0.242. The van der Waals surface area contributed by atoms with Gasteiger partial charge in [0.1, 0.15) is 5.82 Å². The minimum absolute atomic E-state index is 0.0667. The molecule has 2 N–H and O–H groups in total. The summed E-state index contributed by atoms with van der Waals surface area (Å²) in [6, 6.07) is 6.52. The second-order valence-corrected chi connectivity index (χ2v) is 5.73. The molecule has 0 radical (unpaired) electrons. The van der Waals surface area contributed by atoms with E-state index < -0.39 is 0 Å². The van der Waals surface area contributed by atoms with Gasteiger partial charge in [-0.15, -0.1) is 11.8 Å². The van der Waals surface area contributed by atoms with Crippen LogP contribution in [-0.4, -0.2) is 16.2 Å². The van der Waals surface area contributed by atoms with Gasteiger partial charge in [0.25, 0.3) is 0 Å². The third-order valence-corrected chi connectivity index (χ3v) is 4.07. The first-order valence-electron chi connectivity index (χ1n) is 6.35. The number of nitrogens with two attached hydrogens (primary N) is 1. The number of hydrogen-bond donors (Lipinski definition) is 1. The van der Waals surface area contributed by atoms with Gasteiger partial charge in [0, 0.05) is 10.9 Å². The van der Waals surface area contributed by atoms with Gasteiger partial charge >= 0.3 is 0 Å². The fourth-order valence-corrected chi connectivity index (χ4v) is 2.88. The molecule has 2 atom stereocenters. The van der Waals surface area contributed by atoms with Crippen molar-refractivity contribution in [2.45, 2.75) is 29.0 Å². The van der Waals surface area contributed by atoms with Gasteiger partial charge in [0.05, 0.1) is 11.7 Å². The lowest BCUT2D eigenvalue weighted by molar-refractivity contribution is 0.361. The lowest BCUT2D eigenvalue weighted by Gasteiger charge is -2.02. The van der Waals surface area contributed by atoms with E-state index in [1.807, 2.05) is 18.2 Å². The molecular formula is C14H14FN3OS. The first kappa shape index (κ1) is 13.3. The molecule has 1 aromatic carbocycles. The Bertz CT molecular complexity index is 628. The number of allylic oxidation sites excluding steroid dienone is 1. The van der Waals surface area contributed by atoms with E-state index >= 15 is 0 Å². The van der Waals surface area contributed by atoms with Crippen LogP contribution in [0.1, 0.15) is 24.1 Å². The zero-order chi connectivity index (χ0) is 13.9. The average molecular weight is 291 g/mol. The highest BCUT2D eigenvalue weighted by molar-refractivity contribution is 7.98. The van der Waals surface area contributed by atoms with Gasteiger partial charge in [-0.25, -0.2) is 4.39 Å². The van der Waals surface area contributed by atoms with E-state index in [-0.39, 0.29) is 17.8 Å². The average Bonchev–Trinajstić information content (AvgIpc) is 3.05. The Morgan fingerprint density at radius 3 is 3.05 bits per heavy atom. The number of aromatic nitrogens is 2. The number of rotatable bonds is 4. The second-order valence-electron chi connectivity index (χ2n) is 4.69. The van der Waals surface area contributed by atoms with E-state index in [1.54, 1.807) is 6.07 Å². The highest BCUT2D eigenvalue weighted by Gasteiger charge is 2.22. The first-order chi connectivity index (χ1) is 9.70. The molecule has 1 aliphatic rings. The fourth-order valence-electron chi connectivity index (χ4n) is 2.09. The normalized spacial score (nSPS) is 21.5. The van der Waals surface area contributed by atoms with Gasteiger partial charge in [-0.3, -0.25) is 0 Å². The molecule has 0 bridgehead atoms. The molecule has 0 saturated carbocycles. The number of halogens is 1. The maximum Gasteiger partial charge on any atom is 0.233 e. The van der Waals surface area contributed by atoms with Crippen molar-refractivity contribution in [3.8, 4) is 0 Å². The summed E-state index contributed by atoms with van der Waals surface area (Å²) in [4.78, 5) is 5.21. The molecule has 4 nitrogen and oxygen atoms in total. The SMILES string of the molecule is NC1C=CC(c2nc(CSc3cccc(F)c3)no2)C1. The Morgan fingerprint density at radius 1 is 1.40 bits per heavy atom. The molecule has 20 heavy (non-hydrogen) atoms. The van der Waals surface area contributed by atoms with Crippen molar-refractivity contribution in [2.24, 2.45) is 5.73 Å². The van der Waals surface area contributed by atoms with Crippen LogP contribution in [0, 0.1) is 5.82 Å². The first-order valence-corrected chi connectivity index (χ1v) is 7.34. The van der Waals surface area contributed by atoms with Crippen LogP contribution in [0.15, 0.2) is 45.8 Å². The standard InChI is InChI=1S/C14H14FN3OS/c15-10-2-1-3-12(7-10)20-8-13-17-14(19-18-13)9-4-5-11(16)6-9/h1-5,7,9,11H,6,8,16H2. The molecule has 6 heteroatoms. The summed E-state index contributed by atoms with van der Waals surface area (Å²) < 4.78 is 18.3. The minimum Gasteiger partial charge on any atom is -0.339 e. The number of benzene rings is 1. The molecule has 0 spiro atoms. The number of thioether (sulfide) groups is 1. The molecule has 1 aliphatic carbocycles. The zero-order valence-electron chi connectivity index (χ0n) is 10.7. The van der Waals surface area contributed by atoms with Crippen LogP contribution in [0.25, 0.3) is 0 Å². The molecule has 1 heterocycles. The number of nitrogens with zero attached hydrogens (tertiary/aromatic N) is 2. The summed E-state index contributed by atoms with van der Waals surface area (Å²) in [5.74, 6) is 1.64. The lowest BCUT2D eigenvalue weighted by atomic mass is 10.1. The van der Waals surface area contributed by atoms with Crippen molar-refractivity contribution < 1.29 is 8.91 Å². The third kappa shape index (κ3) is 3.08. The molecule has 1 aromatic heterocycles. The predicted octanol–water partition coefficient (Wildman–Crippen LogP) is 2.87. The molecule has 0 saturated heterocycles. The van der Waals surface area contributed by atoms with Crippen molar-refractivity contribution in [2.75, 3.05) is 0 Å².